The number of hydrogen-bond acceptors (Lipinski definition) is 3. The predicted molar refractivity (Wildman–Crippen MR) is 95.1 cm³/mol. The standard InChI is InChI=1S/C19H23N3O3/c1-10(2)15-12(11-8-6-5-7-9-11)16(22-21-15)20-17(23)13-14(18(24)25)19(13,3)4/h5-10,13-14H,1-4H3,(H,24,25)(H2,20,21,22,23). The first kappa shape index (κ1) is 17.2. The fourth-order valence-corrected chi connectivity index (χ4v) is 3.54. The van der Waals surface area contributed by atoms with Crippen LogP contribution in [0.15, 0.2) is 30.3 Å². The van der Waals surface area contributed by atoms with Crippen molar-refractivity contribution in [3.8, 4) is 11.1 Å². The highest BCUT2D eigenvalue weighted by molar-refractivity contribution is 6.01. The van der Waals surface area contributed by atoms with Crippen LogP contribution >= 0.6 is 0 Å². The maximum atomic E-state index is 12.6. The second-order valence-corrected chi connectivity index (χ2v) is 7.49. The minimum atomic E-state index is -0.932. The number of carbonyl (C=O) groups is 2. The molecule has 1 fully saturated rings. The molecular weight excluding hydrogens is 318 g/mol. The Morgan fingerprint density at radius 2 is 1.84 bits per heavy atom. The van der Waals surface area contributed by atoms with E-state index >= 15 is 0 Å². The van der Waals surface area contributed by atoms with Crippen LogP contribution in [0.4, 0.5) is 5.82 Å². The molecule has 0 spiro atoms. The zero-order valence-corrected chi connectivity index (χ0v) is 14.8. The normalized spacial score (nSPS) is 21.2. The third-order valence-corrected chi connectivity index (χ3v) is 5.05. The first-order valence-electron chi connectivity index (χ1n) is 8.42. The smallest absolute Gasteiger partial charge is 0.307 e. The minimum absolute atomic E-state index is 0.206. The van der Waals surface area contributed by atoms with Gasteiger partial charge in [-0.25, -0.2) is 0 Å². The summed E-state index contributed by atoms with van der Waals surface area (Å²) in [5.41, 5.74) is 2.21. The number of anilines is 1. The lowest BCUT2D eigenvalue weighted by atomic mass is 9.99. The van der Waals surface area contributed by atoms with Gasteiger partial charge in [0, 0.05) is 11.3 Å². The van der Waals surface area contributed by atoms with E-state index in [9.17, 15) is 14.7 Å². The van der Waals surface area contributed by atoms with Gasteiger partial charge in [-0.15, -0.1) is 0 Å². The van der Waals surface area contributed by atoms with Gasteiger partial charge in [-0.05, 0) is 16.9 Å². The van der Waals surface area contributed by atoms with E-state index in [1.54, 1.807) is 13.8 Å². The SMILES string of the molecule is CC(C)c1[nH]nc(NC(=O)C2C(C(=O)O)C2(C)C)c1-c1ccccc1. The van der Waals surface area contributed by atoms with Gasteiger partial charge in [0.1, 0.15) is 0 Å². The molecule has 3 rings (SSSR count). The highest BCUT2D eigenvalue weighted by Gasteiger charge is 2.66. The second-order valence-electron chi connectivity index (χ2n) is 7.49. The summed E-state index contributed by atoms with van der Waals surface area (Å²) in [7, 11) is 0. The van der Waals surface area contributed by atoms with Crippen LogP contribution in [-0.2, 0) is 9.59 Å². The number of H-pyrrole nitrogens is 1. The molecule has 1 amide bonds. The maximum Gasteiger partial charge on any atom is 0.307 e. The van der Waals surface area contributed by atoms with E-state index in [1.807, 2.05) is 30.3 Å². The molecular formula is C19H23N3O3. The first-order valence-corrected chi connectivity index (χ1v) is 8.42. The molecule has 132 valence electrons. The number of aliphatic carboxylic acids is 1. The van der Waals surface area contributed by atoms with E-state index < -0.39 is 23.2 Å². The number of benzene rings is 1. The molecule has 6 nitrogen and oxygen atoms in total. The van der Waals surface area contributed by atoms with E-state index in [2.05, 4.69) is 29.4 Å². The van der Waals surface area contributed by atoms with E-state index in [0.29, 0.717) is 5.82 Å². The monoisotopic (exact) mass is 341 g/mol. The second kappa shape index (κ2) is 6.02. The Labute approximate surface area is 146 Å². The molecule has 2 atom stereocenters. The van der Waals surface area contributed by atoms with Crippen molar-refractivity contribution in [1.29, 1.82) is 0 Å². The molecule has 1 aromatic carbocycles. The Hall–Kier alpha value is -2.63. The lowest BCUT2D eigenvalue weighted by Gasteiger charge is -2.10. The Bertz CT molecular complexity index is 809. The summed E-state index contributed by atoms with van der Waals surface area (Å²) in [6.07, 6.45) is 0. The van der Waals surface area contributed by atoms with Gasteiger partial charge < -0.3 is 10.4 Å². The molecule has 0 radical (unpaired) electrons. The van der Waals surface area contributed by atoms with Crippen LogP contribution in [0.3, 0.4) is 0 Å². The number of carboxylic acids is 1. The van der Waals surface area contributed by atoms with E-state index in [1.165, 1.54) is 0 Å². The van der Waals surface area contributed by atoms with Gasteiger partial charge in [0.25, 0.3) is 0 Å². The van der Waals surface area contributed by atoms with Crippen LogP contribution in [-0.4, -0.2) is 27.2 Å². The number of carbonyl (C=O) groups excluding carboxylic acids is 1. The summed E-state index contributed by atoms with van der Waals surface area (Å²) in [6.45, 7) is 7.71. The molecule has 6 heteroatoms. The Balaban J connectivity index is 1.92. The van der Waals surface area contributed by atoms with Crippen LogP contribution in [0.1, 0.15) is 39.3 Å². The van der Waals surface area contributed by atoms with Crippen LogP contribution < -0.4 is 5.32 Å². The fraction of sp³-hybridized carbons (Fsp3) is 0.421. The quantitative estimate of drug-likeness (QED) is 0.776. The van der Waals surface area contributed by atoms with Crippen LogP contribution in [0.2, 0.25) is 0 Å². The Morgan fingerprint density at radius 1 is 1.20 bits per heavy atom. The molecule has 0 saturated heterocycles. The van der Waals surface area contributed by atoms with E-state index in [0.717, 1.165) is 16.8 Å². The molecule has 1 heterocycles. The first-order chi connectivity index (χ1) is 11.7. The Kier molecular flexibility index (Phi) is 4.14. The average molecular weight is 341 g/mol. The molecule has 1 aliphatic rings. The van der Waals surface area contributed by atoms with Gasteiger partial charge >= 0.3 is 5.97 Å². The van der Waals surface area contributed by atoms with Crippen molar-refractivity contribution in [1.82, 2.24) is 10.2 Å². The largest absolute Gasteiger partial charge is 0.481 e. The average Bonchev–Trinajstić information content (AvgIpc) is 2.92. The number of carboxylic acid groups (broad SMARTS) is 1. The van der Waals surface area contributed by atoms with Crippen LogP contribution in [0.25, 0.3) is 11.1 Å². The summed E-state index contributed by atoms with van der Waals surface area (Å²) in [6, 6.07) is 9.73. The molecule has 3 N–H and O–H groups in total. The summed E-state index contributed by atoms with van der Waals surface area (Å²) >= 11 is 0. The number of nitrogens with zero attached hydrogens (tertiary/aromatic N) is 1. The van der Waals surface area contributed by atoms with Gasteiger partial charge in [0.05, 0.1) is 11.8 Å². The van der Waals surface area contributed by atoms with Gasteiger partial charge in [-0.2, -0.15) is 5.10 Å². The van der Waals surface area contributed by atoms with Gasteiger partial charge in [0.2, 0.25) is 5.91 Å². The van der Waals surface area contributed by atoms with Crippen molar-refractivity contribution in [2.45, 2.75) is 33.6 Å². The van der Waals surface area contributed by atoms with Crippen molar-refractivity contribution < 1.29 is 14.7 Å². The van der Waals surface area contributed by atoms with Gasteiger partial charge in [-0.1, -0.05) is 58.0 Å². The Morgan fingerprint density at radius 3 is 2.36 bits per heavy atom. The predicted octanol–water partition coefficient (Wildman–Crippen LogP) is 3.50. The highest BCUT2D eigenvalue weighted by Crippen LogP contribution is 2.58. The zero-order valence-electron chi connectivity index (χ0n) is 14.8. The molecule has 2 unspecified atom stereocenters. The summed E-state index contributed by atoms with van der Waals surface area (Å²) < 4.78 is 0. The zero-order chi connectivity index (χ0) is 18.4. The fourth-order valence-electron chi connectivity index (χ4n) is 3.54. The van der Waals surface area contributed by atoms with Crippen molar-refractivity contribution in [3.05, 3.63) is 36.0 Å². The van der Waals surface area contributed by atoms with Crippen LogP contribution in [0.5, 0.6) is 0 Å². The van der Waals surface area contributed by atoms with Crippen molar-refractivity contribution in [2.75, 3.05) is 5.32 Å². The molecule has 1 saturated carbocycles. The number of amides is 1. The number of nitrogens with one attached hydrogen (secondary N) is 2. The lowest BCUT2D eigenvalue weighted by Crippen LogP contribution is -2.18. The molecule has 2 aromatic rings. The highest BCUT2D eigenvalue weighted by atomic mass is 16.4. The summed E-state index contributed by atoms with van der Waals surface area (Å²) in [4.78, 5) is 24.0. The molecule has 1 aromatic heterocycles. The molecule has 25 heavy (non-hydrogen) atoms. The van der Waals surface area contributed by atoms with Crippen molar-refractivity contribution in [2.24, 2.45) is 17.3 Å². The summed E-state index contributed by atoms with van der Waals surface area (Å²) in [5.74, 6) is -1.78. The maximum absolute atomic E-state index is 12.6. The minimum Gasteiger partial charge on any atom is -0.481 e. The van der Waals surface area contributed by atoms with Gasteiger partial charge in [-0.3, -0.25) is 14.7 Å². The third kappa shape index (κ3) is 2.92. The molecule has 1 aliphatic carbocycles. The van der Waals surface area contributed by atoms with E-state index in [-0.39, 0.29) is 11.8 Å². The topological polar surface area (TPSA) is 95.1 Å². The number of hydrogen-bond donors (Lipinski definition) is 3. The number of aromatic amines is 1. The number of aromatic nitrogens is 2. The van der Waals surface area contributed by atoms with Crippen LogP contribution in [0, 0.1) is 17.3 Å². The van der Waals surface area contributed by atoms with Crippen molar-refractivity contribution >= 4 is 17.7 Å². The third-order valence-electron chi connectivity index (χ3n) is 5.05. The molecule has 0 aliphatic heterocycles. The van der Waals surface area contributed by atoms with E-state index in [4.69, 9.17) is 0 Å². The van der Waals surface area contributed by atoms with Crippen molar-refractivity contribution in [3.63, 3.8) is 0 Å². The van der Waals surface area contributed by atoms with Gasteiger partial charge in [0.15, 0.2) is 5.82 Å². The summed E-state index contributed by atoms with van der Waals surface area (Å²) in [5, 5.41) is 19.4. The molecule has 0 bridgehead atoms. The lowest BCUT2D eigenvalue weighted by molar-refractivity contribution is -0.140. The number of rotatable bonds is 5.